The quantitative estimate of drug-likeness (QED) is 0.450. The van der Waals surface area contributed by atoms with Crippen LogP contribution in [0.15, 0.2) is 0 Å². The lowest BCUT2D eigenvalue weighted by atomic mass is 10.2. The highest BCUT2D eigenvalue weighted by Gasteiger charge is 2.03. The molecule has 0 bridgehead atoms. The second-order valence-corrected chi connectivity index (χ2v) is 4.36. The number of hydrogen-bond donors (Lipinski definition) is 0. The summed E-state index contributed by atoms with van der Waals surface area (Å²) in [6, 6.07) is 0. The van der Waals surface area contributed by atoms with Crippen LogP contribution in [0, 0.1) is 5.92 Å². The number of carbonyl (C=O) groups excluding carboxylic acids is 1. The Morgan fingerprint density at radius 1 is 1.06 bits per heavy atom. The van der Waals surface area contributed by atoms with E-state index in [0.717, 1.165) is 0 Å². The fraction of sp³-hybridized carbons (Fsp3) is 0.917. The Labute approximate surface area is 98.3 Å². The Bertz CT molecular complexity index is 160. The molecule has 0 N–H and O–H groups in total. The molecule has 0 atom stereocenters. The van der Waals surface area contributed by atoms with Gasteiger partial charge in [0.15, 0.2) is 0 Å². The van der Waals surface area contributed by atoms with Crippen LogP contribution in [0.4, 0.5) is 0 Å². The van der Waals surface area contributed by atoms with Crippen LogP contribution in [-0.2, 0) is 19.0 Å². The van der Waals surface area contributed by atoms with E-state index in [0.29, 0.717) is 38.8 Å². The lowest BCUT2D eigenvalue weighted by Crippen LogP contribution is -2.15. The average Bonchev–Trinajstić information content (AvgIpc) is 2.19. The minimum Gasteiger partial charge on any atom is -0.463 e. The molecule has 0 aliphatic rings. The zero-order valence-corrected chi connectivity index (χ0v) is 10.8. The van der Waals surface area contributed by atoms with Gasteiger partial charge in [0.25, 0.3) is 0 Å². The molecule has 4 heteroatoms. The largest absolute Gasteiger partial charge is 0.463 e. The molecule has 0 unspecified atom stereocenters. The van der Waals surface area contributed by atoms with Gasteiger partial charge in [-0.2, -0.15) is 0 Å². The molecule has 0 rings (SSSR count). The summed E-state index contributed by atoms with van der Waals surface area (Å²) in [5.74, 6) is 0.270. The fourth-order valence-electron chi connectivity index (χ4n) is 0.986. The van der Waals surface area contributed by atoms with Crippen molar-refractivity contribution in [3.63, 3.8) is 0 Å². The third kappa shape index (κ3) is 11.5. The topological polar surface area (TPSA) is 44.8 Å². The number of esters is 1. The van der Waals surface area contributed by atoms with Crippen LogP contribution >= 0.6 is 0 Å². The van der Waals surface area contributed by atoms with Crippen molar-refractivity contribution in [3.8, 4) is 0 Å². The van der Waals surface area contributed by atoms with Crippen LogP contribution in [0.3, 0.4) is 0 Å². The first kappa shape index (κ1) is 15.4. The monoisotopic (exact) mass is 232 g/mol. The lowest BCUT2D eigenvalue weighted by Gasteiger charge is -2.09. The molecule has 0 radical (unpaired) electrons. The van der Waals surface area contributed by atoms with Gasteiger partial charge in [-0.3, -0.25) is 4.79 Å². The molecule has 0 saturated heterocycles. The Kier molecular flexibility index (Phi) is 9.24. The van der Waals surface area contributed by atoms with E-state index in [4.69, 9.17) is 14.2 Å². The molecule has 0 saturated carbocycles. The van der Waals surface area contributed by atoms with E-state index in [9.17, 15) is 4.79 Å². The van der Waals surface area contributed by atoms with Gasteiger partial charge in [0.1, 0.15) is 6.61 Å². The van der Waals surface area contributed by atoms with E-state index in [1.165, 1.54) is 0 Å². The summed E-state index contributed by atoms with van der Waals surface area (Å²) in [4.78, 5) is 11.2. The Morgan fingerprint density at radius 2 is 1.75 bits per heavy atom. The molecular weight excluding hydrogens is 208 g/mol. The van der Waals surface area contributed by atoms with Crippen LogP contribution in [0.25, 0.3) is 0 Å². The molecule has 0 aromatic rings. The zero-order chi connectivity index (χ0) is 12.4. The number of hydrogen-bond acceptors (Lipinski definition) is 4. The number of rotatable bonds is 9. The van der Waals surface area contributed by atoms with Gasteiger partial charge >= 0.3 is 5.97 Å². The molecule has 0 aromatic carbocycles. The lowest BCUT2D eigenvalue weighted by molar-refractivity contribution is -0.146. The summed E-state index contributed by atoms with van der Waals surface area (Å²) >= 11 is 0. The van der Waals surface area contributed by atoms with Gasteiger partial charge in [0.05, 0.1) is 25.7 Å². The minimum absolute atomic E-state index is 0.174. The summed E-state index contributed by atoms with van der Waals surface area (Å²) in [5, 5.41) is 0. The van der Waals surface area contributed by atoms with Crippen LogP contribution in [-0.4, -0.2) is 38.5 Å². The highest BCUT2D eigenvalue weighted by atomic mass is 16.6. The molecule has 0 spiro atoms. The summed E-state index contributed by atoms with van der Waals surface area (Å²) in [7, 11) is 0. The molecule has 0 aromatic heterocycles. The van der Waals surface area contributed by atoms with Gasteiger partial charge in [0, 0.05) is 6.61 Å². The van der Waals surface area contributed by atoms with Gasteiger partial charge < -0.3 is 14.2 Å². The maximum atomic E-state index is 11.2. The predicted octanol–water partition coefficient (Wildman–Crippen LogP) is 2.02. The normalized spacial score (nSPS) is 11.1. The van der Waals surface area contributed by atoms with Gasteiger partial charge in [-0.1, -0.05) is 13.8 Å². The highest BCUT2D eigenvalue weighted by molar-refractivity contribution is 5.69. The molecule has 96 valence electrons. The molecule has 0 fully saturated rings. The van der Waals surface area contributed by atoms with Crippen molar-refractivity contribution in [3.05, 3.63) is 0 Å². The Morgan fingerprint density at radius 3 is 2.31 bits per heavy atom. The molecule has 0 aliphatic carbocycles. The smallest absolute Gasteiger partial charge is 0.308 e. The second kappa shape index (κ2) is 9.60. The van der Waals surface area contributed by atoms with Crippen molar-refractivity contribution >= 4 is 5.97 Å². The zero-order valence-electron chi connectivity index (χ0n) is 10.8. The standard InChI is InChI=1S/C12H24O4/c1-10(2)9-14-6-5-12(13)16-8-7-15-11(3)4/h10-11H,5-9H2,1-4H3. The van der Waals surface area contributed by atoms with Crippen molar-refractivity contribution in [2.24, 2.45) is 5.92 Å². The Hall–Kier alpha value is -0.610. The van der Waals surface area contributed by atoms with Gasteiger partial charge in [-0.25, -0.2) is 0 Å². The average molecular weight is 232 g/mol. The van der Waals surface area contributed by atoms with Crippen molar-refractivity contribution < 1.29 is 19.0 Å². The van der Waals surface area contributed by atoms with E-state index in [2.05, 4.69) is 13.8 Å². The molecular formula is C12H24O4. The molecule has 0 heterocycles. The highest BCUT2D eigenvalue weighted by Crippen LogP contribution is 1.95. The van der Waals surface area contributed by atoms with Crippen molar-refractivity contribution in [1.29, 1.82) is 0 Å². The van der Waals surface area contributed by atoms with Crippen LogP contribution in [0.2, 0.25) is 0 Å². The predicted molar refractivity (Wildman–Crippen MR) is 62.3 cm³/mol. The first-order valence-corrected chi connectivity index (χ1v) is 5.87. The summed E-state index contributed by atoms with van der Waals surface area (Å²) < 4.78 is 15.5. The van der Waals surface area contributed by atoms with Gasteiger partial charge in [-0.15, -0.1) is 0 Å². The first-order chi connectivity index (χ1) is 7.52. The van der Waals surface area contributed by atoms with E-state index in [1.54, 1.807) is 0 Å². The molecule has 4 nitrogen and oxygen atoms in total. The molecule has 16 heavy (non-hydrogen) atoms. The molecule has 0 amide bonds. The second-order valence-electron chi connectivity index (χ2n) is 4.36. The van der Waals surface area contributed by atoms with Crippen LogP contribution < -0.4 is 0 Å². The summed E-state index contributed by atoms with van der Waals surface area (Å²) in [6.45, 7) is 9.93. The van der Waals surface area contributed by atoms with E-state index >= 15 is 0 Å². The third-order valence-corrected chi connectivity index (χ3v) is 1.70. The Balaban J connectivity index is 3.25. The fourth-order valence-corrected chi connectivity index (χ4v) is 0.986. The summed E-state index contributed by atoms with van der Waals surface area (Å²) in [6.07, 6.45) is 0.488. The summed E-state index contributed by atoms with van der Waals surface area (Å²) in [5.41, 5.74) is 0. The third-order valence-electron chi connectivity index (χ3n) is 1.70. The number of ether oxygens (including phenoxy) is 3. The maximum absolute atomic E-state index is 11.2. The molecule has 0 aliphatic heterocycles. The van der Waals surface area contributed by atoms with Crippen molar-refractivity contribution in [2.75, 3.05) is 26.4 Å². The maximum Gasteiger partial charge on any atom is 0.308 e. The number of carbonyl (C=O) groups is 1. The minimum atomic E-state index is -0.226. The van der Waals surface area contributed by atoms with E-state index < -0.39 is 0 Å². The van der Waals surface area contributed by atoms with Crippen LogP contribution in [0.5, 0.6) is 0 Å². The van der Waals surface area contributed by atoms with Crippen LogP contribution in [0.1, 0.15) is 34.1 Å². The van der Waals surface area contributed by atoms with E-state index in [-0.39, 0.29) is 12.1 Å². The van der Waals surface area contributed by atoms with Gasteiger partial charge in [-0.05, 0) is 19.8 Å². The van der Waals surface area contributed by atoms with Gasteiger partial charge in [0.2, 0.25) is 0 Å². The first-order valence-electron chi connectivity index (χ1n) is 5.87. The SMILES string of the molecule is CC(C)COCCC(=O)OCCOC(C)C. The van der Waals surface area contributed by atoms with Crippen molar-refractivity contribution in [2.45, 2.75) is 40.2 Å². The van der Waals surface area contributed by atoms with Crippen molar-refractivity contribution in [1.82, 2.24) is 0 Å². The van der Waals surface area contributed by atoms with E-state index in [1.807, 2.05) is 13.8 Å².